The molecule has 0 N–H and O–H groups in total. The third kappa shape index (κ3) is 3.98. The van der Waals surface area contributed by atoms with Gasteiger partial charge in [-0.15, -0.1) is 0 Å². The molecule has 2 saturated carbocycles. The Morgan fingerprint density at radius 1 is 1.18 bits per heavy atom. The second-order valence-corrected chi connectivity index (χ2v) is 17.5. The molecule has 4 aliphatic rings. The van der Waals surface area contributed by atoms with Crippen molar-refractivity contribution in [3.05, 3.63) is 41.0 Å². The zero-order valence-corrected chi connectivity index (χ0v) is 23.5. The molecular formula is C26H39O6PSi. The Bertz CT molecular complexity index is 1040. The molecule has 34 heavy (non-hydrogen) atoms. The molecule has 4 aliphatic carbocycles. The van der Waals surface area contributed by atoms with Crippen molar-refractivity contribution in [2.24, 2.45) is 17.3 Å². The maximum atomic E-state index is 15.1. The van der Waals surface area contributed by atoms with Crippen LogP contribution in [0.15, 0.2) is 29.8 Å². The van der Waals surface area contributed by atoms with Gasteiger partial charge in [-0.05, 0) is 95.6 Å². The highest BCUT2D eigenvalue weighted by Crippen LogP contribution is 2.72. The first-order valence-corrected chi connectivity index (χ1v) is 17.4. The first-order chi connectivity index (χ1) is 15.9. The fourth-order valence-corrected chi connectivity index (χ4v) is 10.9. The van der Waals surface area contributed by atoms with E-state index >= 15 is 4.79 Å². The summed E-state index contributed by atoms with van der Waals surface area (Å²) in [7, 11) is -4.93. The summed E-state index contributed by atoms with van der Waals surface area (Å²) in [5, 5.41) is -1.83. The van der Waals surface area contributed by atoms with Crippen LogP contribution in [0.1, 0.15) is 50.7 Å². The fourth-order valence-electron chi connectivity index (χ4n) is 6.50. The lowest BCUT2D eigenvalue weighted by Crippen LogP contribution is -2.53. The number of allylic oxidation sites excluding steroid dienone is 2. The number of aryl methyl sites for hydroxylation is 1. The van der Waals surface area contributed by atoms with Crippen molar-refractivity contribution in [2.75, 3.05) is 20.3 Å². The molecule has 8 heteroatoms. The highest BCUT2D eigenvalue weighted by Gasteiger charge is 2.69. The van der Waals surface area contributed by atoms with E-state index in [-0.39, 0.29) is 19.0 Å². The van der Waals surface area contributed by atoms with Gasteiger partial charge in [-0.1, -0.05) is 17.7 Å². The highest BCUT2D eigenvalue weighted by atomic mass is 31.2. The van der Waals surface area contributed by atoms with E-state index in [4.69, 9.17) is 18.2 Å². The quantitative estimate of drug-likeness (QED) is 0.192. The van der Waals surface area contributed by atoms with Crippen LogP contribution in [-0.2, 0) is 28.2 Å². The molecule has 0 amide bonds. The average molecular weight is 507 g/mol. The van der Waals surface area contributed by atoms with E-state index in [0.29, 0.717) is 23.1 Å². The monoisotopic (exact) mass is 506 g/mol. The summed E-state index contributed by atoms with van der Waals surface area (Å²) in [6, 6.07) is 5.49. The van der Waals surface area contributed by atoms with E-state index < -0.39 is 26.7 Å². The Balaban J connectivity index is 2.00. The number of carbonyl (C=O) groups excluding carboxylic acids is 1. The SMILES string of the molecule is CCOP(=O)(OCC)C(O[Si](C)(C)C)(C(=O)C12CC3C=C1CC(C3)C2)c1ccc(OC)c(C)c1. The second kappa shape index (κ2) is 9.01. The highest BCUT2D eigenvalue weighted by molar-refractivity contribution is 7.56. The number of ketones is 1. The van der Waals surface area contributed by atoms with Gasteiger partial charge >= 0.3 is 7.60 Å². The zero-order chi connectivity index (χ0) is 24.9. The molecule has 1 aromatic rings. The molecule has 0 spiro atoms. The molecule has 0 saturated heterocycles. The molecule has 0 heterocycles. The minimum absolute atomic E-state index is 0.145. The van der Waals surface area contributed by atoms with E-state index in [2.05, 4.69) is 6.08 Å². The summed E-state index contributed by atoms with van der Waals surface area (Å²) in [6.07, 6.45) is 5.93. The number of ether oxygens (including phenoxy) is 1. The van der Waals surface area contributed by atoms with Crippen LogP contribution in [0.2, 0.25) is 19.6 Å². The lowest BCUT2D eigenvalue weighted by atomic mass is 9.70. The Hall–Kier alpha value is -1.24. The number of methoxy groups -OCH3 is 1. The summed E-state index contributed by atoms with van der Waals surface area (Å²) in [5.74, 6) is 1.46. The molecule has 0 aromatic heterocycles. The van der Waals surface area contributed by atoms with Gasteiger partial charge in [-0.25, -0.2) is 0 Å². The van der Waals surface area contributed by atoms with Crippen molar-refractivity contribution >= 4 is 21.7 Å². The van der Waals surface area contributed by atoms with Crippen molar-refractivity contribution in [3.8, 4) is 5.75 Å². The Morgan fingerprint density at radius 2 is 1.85 bits per heavy atom. The molecule has 4 atom stereocenters. The number of hydrogen-bond acceptors (Lipinski definition) is 6. The standard InChI is InChI=1S/C26H39O6PSi/c1-8-30-33(28,31-9-2)26(32-34(5,6)7,21-10-11-23(29-4)18(3)12-21)24(27)25-16-19-13-20(17-25)15-22(25)14-19/h10-12,14,19-20H,8-9,13,15-17H2,1-7H3. The van der Waals surface area contributed by atoms with Crippen molar-refractivity contribution in [3.63, 3.8) is 0 Å². The van der Waals surface area contributed by atoms with Crippen LogP contribution in [0.25, 0.3) is 0 Å². The lowest BCUT2D eigenvalue weighted by molar-refractivity contribution is -0.140. The fraction of sp³-hybridized carbons (Fsp3) is 0.654. The van der Waals surface area contributed by atoms with Crippen LogP contribution in [0.4, 0.5) is 0 Å². The summed E-state index contributed by atoms with van der Waals surface area (Å²) in [6.45, 7) is 11.8. The van der Waals surface area contributed by atoms with Crippen molar-refractivity contribution < 1.29 is 27.6 Å². The van der Waals surface area contributed by atoms with Gasteiger partial charge in [-0.3, -0.25) is 9.36 Å². The number of rotatable bonds is 11. The third-order valence-corrected chi connectivity index (χ3v) is 11.0. The predicted molar refractivity (Wildman–Crippen MR) is 136 cm³/mol. The van der Waals surface area contributed by atoms with Crippen molar-refractivity contribution in [1.29, 1.82) is 0 Å². The summed E-state index contributed by atoms with van der Waals surface area (Å²) >= 11 is 0. The molecular weight excluding hydrogens is 467 g/mol. The van der Waals surface area contributed by atoms with Gasteiger partial charge in [0.15, 0.2) is 14.1 Å². The molecule has 1 aromatic carbocycles. The lowest BCUT2D eigenvalue weighted by Gasteiger charge is -2.46. The van der Waals surface area contributed by atoms with Gasteiger partial charge < -0.3 is 18.2 Å². The molecule has 0 radical (unpaired) electrons. The topological polar surface area (TPSA) is 71.1 Å². The van der Waals surface area contributed by atoms with Gasteiger partial charge in [0, 0.05) is 5.56 Å². The molecule has 188 valence electrons. The van der Waals surface area contributed by atoms with E-state index in [9.17, 15) is 4.57 Å². The number of Topliss-reactive ketones (excluding diaryl/α,β-unsaturated/α-hetero) is 1. The van der Waals surface area contributed by atoms with Crippen LogP contribution in [0.3, 0.4) is 0 Å². The minimum atomic E-state index is -4.10. The second-order valence-electron chi connectivity index (χ2n) is 11.0. The van der Waals surface area contributed by atoms with Crippen molar-refractivity contribution in [2.45, 2.75) is 71.4 Å². The van der Waals surface area contributed by atoms with Gasteiger partial charge in [0.2, 0.25) is 5.34 Å². The normalized spacial score (nSPS) is 27.6. The van der Waals surface area contributed by atoms with E-state index in [1.165, 1.54) is 5.57 Å². The molecule has 0 aliphatic heterocycles. The molecule has 6 nitrogen and oxygen atoms in total. The van der Waals surface area contributed by atoms with E-state index in [0.717, 1.165) is 31.2 Å². The Labute approximate surface area is 205 Å². The first-order valence-electron chi connectivity index (χ1n) is 12.4. The number of carbonyl (C=O) groups is 1. The van der Waals surface area contributed by atoms with E-state index in [1.807, 2.05) is 38.7 Å². The Morgan fingerprint density at radius 3 is 2.38 bits per heavy atom. The van der Waals surface area contributed by atoms with Gasteiger partial charge in [0.25, 0.3) is 0 Å². The van der Waals surface area contributed by atoms with Gasteiger partial charge in [0.1, 0.15) is 5.75 Å². The molecule has 4 unspecified atom stereocenters. The average Bonchev–Trinajstić information content (AvgIpc) is 3.15. The number of hydrogen-bond donors (Lipinski definition) is 0. The van der Waals surface area contributed by atoms with Crippen LogP contribution in [-0.4, -0.2) is 34.4 Å². The maximum absolute atomic E-state index is 15.1. The van der Waals surface area contributed by atoms with Gasteiger partial charge in [0.05, 0.1) is 25.7 Å². The Kier molecular flexibility index (Phi) is 6.84. The maximum Gasteiger partial charge on any atom is 0.373 e. The molecule has 2 fully saturated rings. The molecule has 4 bridgehead atoms. The predicted octanol–water partition coefficient (Wildman–Crippen LogP) is 6.59. The van der Waals surface area contributed by atoms with E-state index in [1.54, 1.807) is 27.0 Å². The summed E-state index contributed by atoms with van der Waals surface area (Å²) < 4.78 is 39.1. The van der Waals surface area contributed by atoms with Crippen molar-refractivity contribution in [1.82, 2.24) is 0 Å². The van der Waals surface area contributed by atoms with Crippen LogP contribution in [0, 0.1) is 24.2 Å². The first kappa shape index (κ1) is 25.8. The number of benzene rings is 1. The zero-order valence-electron chi connectivity index (χ0n) is 21.6. The molecule has 5 rings (SSSR count). The van der Waals surface area contributed by atoms with Crippen LogP contribution in [0.5, 0.6) is 5.75 Å². The summed E-state index contributed by atoms with van der Waals surface area (Å²) in [5.41, 5.74) is 1.91. The summed E-state index contributed by atoms with van der Waals surface area (Å²) in [4.78, 5) is 15.1. The van der Waals surface area contributed by atoms with Crippen LogP contribution < -0.4 is 4.74 Å². The third-order valence-electron chi connectivity index (χ3n) is 7.41. The van der Waals surface area contributed by atoms with Crippen LogP contribution >= 0.6 is 7.60 Å². The smallest absolute Gasteiger partial charge is 0.373 e. The van der Waals surface area contributed by atoms with Gasteiger partial charge in [-0.2, -0.15) is 0 Å². The largest absolute Gasteiger partial charge is 0.496 e. The minimum Gasteiger partial charge on any atom is -0.496 e.